The summed E-state index contributed by atoms with van der Waals surface area (Å²) in [6.07, 6.45) is 4.31. The lowest BCUT2D eigenvalue weighted by Crippen LogP contribution is -2.61. The zero-order valence-corrected chi connectivity index (χ0v) is 19.5. The van der Waals surface area contributed by atoms with Crippen LogP contribution in [0.1, 0.15) is 72.6 Å². The predicted octanol–water partition coefficient (Wildman–Crippen LogP) is 3.01. The van der Waals surface area contributed by atoms with E-state index in [0.29, 0.717) is 30.6 Å². The van der Waals surface area contributed by atoms with Gasteiger partial charge in [0.1, 0.15) is 23.7 Å². The van der Waals surface area contributed by atoms with Crippen molar-refractivity contribution in [2.24, 2.45) is 40.4 Å². The summed E-state index contributed by atoms with van der Waals surface area (Å²) in [7, 11) is 0. The molecule has 0 aromatic rings. The van der Waals surface area contributed by atoms with Gasteiger partial charge in [-0.15, -0.1) is 0 Å². The second-order valence-corrected chi connectivity index (χ2v) is 11.4. The zero-order valence-electron chi connectivity index (χ0n) is 19.5. The molecule has 4 aliphatic carbocycles. The van der Waals surface area contributed by atoms with Gasteiger partial charge < -0.3 is 19.3 Å². The first-order valence-electron chi connectivity index (χ1n) is 12.3. The maximum absolute atomic E-state index is 13.4. The van der Waals surface area contributed by atoms with Crippen LogP contribution in [-0.2, 0) is 28.6 Å². The molecule has 0 unspecified atom stereocenters. The monoisotopic (exact) mass is 448 g/mol. The standard InChI is InChI=1S/C25H36O7/c1-12-22-20(28)10-19-17-6-5-15-9-16(31-13(2)26)7-8-24(15,4)18(17)11-21(32-14(3)27)25(19,22)23(29)30-12/h12,15-22,28H,5-11H2,1-4H3/t12-,15-,16-,17+,18-,19-,20-,21+,22-,24-,25-/m0/s1. The average molecular weight is 449 g/mol. The van der Waals surface area contributed by atoms with Gasteiger partial charge in [-0.3, -0.25) is 14.4 Å². The highest BCUT2D eigenvalue weighted by Crippen LogP contribution is 2.70. The number of hydrogen-bond donors (Lipinski definition) is 1. The number of cyclic esters (lactones) is 1. The molecular formula is C25H36O7. The molecule has 11 atom stereocenters. The predicted molar refractivity (Wildman–Crippen MR) is 113 cm³/mol. The normalized spacial score (nSPS) is 51.5. The van der Waals surface area contributed by atoms with Gasteiger partial charge in [0.25, 0.3) is 0 Å². The van der Waals surface area contributed by atoms with Crippen LogP contribution in [0.4, 0.5) is 0 Å². The average Bonchev–Trinajstić information content (AvgIpc) is 3.15. The Kier molecular flexibility index (Phi) is 5.16. The Labute approximate surface area is 189 Å². The Balaban J connectivity index is 1.51. The van der Waals surface area contributed by atoms with Crippen molar-refractivity contribution in [1.29, 1.82) is 0 Å². The fourth-order valence-corrected chi connectivity index (χ4v) is 9.05. The van der Waals surface area contributed by atoms with Crippen molar-refractivity contribution < 1.29 is 33.7 Å². The Morgan fingerprint density at radius 3 is 2.44 bits per heavy atom. The quantitative estimate of drug-likeness (QED) is 0.512. The molecule has 4 saturated carbocycles. The lowest BCUT2D eigenvalue weighted by atomic mass is 9.44. The molecule has 7 nitrogen and oxygen atoms in total. The Hall–Kier alpha value is -1.63. The highest BCUT2D eigenvalue weighted by molar-refractivity contribution is 5.83. The molecule has 5 fully saturated rings. The molecule has 0 aromatic heterocycles. The van der Waals surface area contributed by atoms with E-state index in [1.807, 2.05) is 6.92 Å². The van der Waals surface area contributed by atoms with Crippen molar-refractivity contribution in [3.05, 3.63) is 0 Å². The van der Waals surface area contributed by atoms with Crippen molar-refractivity contribution in [2.45, 2.75) is 97.1 Å². The minimum atomic E-state index is -0.927. The van der Waals surface area contributed by atoms with Crippen LogP contribution in [0.3, 0.4) is 0 Å². The van der Waals surface area contributed by atoms with Gasteiger partial charge in [0, 0.05) is 19.8 Å². The number of aliphatic hydroxyl groups excluding tert-OH is 1. The third-order valence-corrected chi connectivity index (χ3v) is 10.1. The lowest BCUT2D eigenvalue weighted by molar-refractivity contribution is -0.200. The van der Waals surface area contributed by atoms with Crippen LogP contribution in [0.25, 0.3) is 0 Å². The molecule has 178 valence electrons. The number of esters is 3. The zero-order chi connectivity index (χ0) is 23.0. The van der Waals surface area contributed by atoms with Crippen molar-refractivity contribution >= 4 is 17.9 Å². The molecule has 0 bridgehead atoms. The van der Waals surface area contributed by atoms with E-state index in [9.17, 15) is 19.5 Å². The van der Waals surface area contributed by atoms with Crippen LogP contribution in [0.2, 0.25) is 0 Å². The smallest absolute Gasteiger partial charge is 0.316 e. The summed E-state index contributed by atoms with van der Waals surface area (Å²) in [5.74, 6) is -0.216. The second kappa shape index (κ2) is 7.44. The first kappa shape index (κ1) is 22.2. The van der Waals surface area contributed by atoms with Gasteiger partial charge in [-0.2, -0.15) is 0 Å². The van der Waals surface area contributed by atoms with Gasteiger partial charge in [0.15, 0.2) is 0 Å². The Morgan fingerprint density at radius 1 is 1.03 bits per heavy atom. The van der Waals surface area contributed by atoms with E-state index >= 15 is 0 Å². The number of rotatable bonds is 2. The minimum Gasteiger partial charge on any atom is -0.463 e. The van der Waals surface area contributed by atoms with Crippen molar-refractivity contribution in [1.82, 2.24) is 0 Å². The van der Waals surface area contributed by atoms with Gasteiger partial charge >= 0.3 is 17.9 Å². The molecule has 5 aliphatic rings. The highest BCUT2D eigenvalue weighted by atomic mass is 16.6. The number of aliphatic hydroxyl groups is 1. The van der Waals surface area contributed by atoms with E-state index in [0.717, 1.165) is 32.1 Å². The number of carbonyl (C=O) groups excluding carboxylic acids is 3. The van der Waals surface area contributed by atoms with Gasteiger partial charge in [0.2, 0.25) is 0 Å². The van der Waals surface area contributed by atoms with Gasteiger partial charge in [-0.25, -0.2) is 0 Å². The summed E-state index contributed by atoms with van der Waals surface area (Å²) < 4.78 is 17.2. The summed E-state index contributed by atoms with van der Waals surface area (Å²) >= 11 is 0. The molecule has 1 heterocycles. The molecule has 7 heteroatoms. The molecule has 32 heavy (non-hydrogen) atoms. The van der Waals surface area contributed by atoms with Crippen molar-refractivity contribution in [3.8, 4) is 0 Å². The first-order valence-corrected chi connectivity index (χ1v) is 12.3. The fourth-order valence-electron chi connectivity index (χ4n) is 9.05. The third kappa shape index (κ3) is 2.92. The maximum Gasteiger partial charge on any atom is 0.316 e. The maximum atomic E-state index is 13.4. The largest absolute Gasteiger partial charge is 0.463 e. The van der Waals surface area contributed by atoms with Crippen LogP contribution < -0.4 is 0 Å². The van der Waals surface area contributed by atoms with Gasteiger partial charge in [-0.1, -0.05) is 6.92 Å². The molecule has 5 rings (SSSR count). The van der Waals surface area contributed by atoms with E-state index in [2.05, 4.69) is 6.92 Å². The molecular weight excluding hydrogens is 412 g/mol. The molecule has 1 spiro atoms. The van der Waals surface area contributed by atoms with Gasteiger partial charge in [-0.05, 0) is 81.0 Å². The summed E-state index contributed by atoms with van der Waals surface area (Å²) in [5.41, 5.74) is -0.888. The number of fused-ring (bicyclic) bond motifs is 4. The third-order valence-electron chi connectivity index (χ3n) is 10.1. The lowest BCUT2D eigenvalue weighted by Gasteiger charge is -2.61. The van der Waals surface area contributed by atoms with E-state index in [1.54, 1.807) is 0 Å². The number of hydrogen-bond acceptors (Lipinski definition) is 7. The molecule has 0 aromatic carbocycles. The van der Waals surface area contributed by atoms with E-state index < -0.39 is 17.6 Å². The highest BCUT2D eigenvalue weighted by Gasteiger charge is 2.76. The molecule has 1 saturated heterocycles. The summed E-state index contributed by atoms with van der Waals surface area (Å²) in [5, 5.41) is 11.0. The Bertz CT molecular complexity index is 825. The molecule has 0 radical (unpaired) electrons. The fraction of sp³-hybridized carbons (Fsp3) is 0.880. The summed E-state index contributed by atoms with van der Waals surface area (Å²) in [6, 6.07) is 0. The number of ether oxygens (including phenoxy) is 3. The molecule has 0 amide bonds. The Morgan fingerprint density at radius 2 is 1.75 bits per heavy atom. The van der Waals surface area contributed by atoms with Crippen LogP contribution in [0.15, 0.2) is 0 Å². The SMILES string of the molecule is CC(=O)O[C@H]1CC[C@@]2(C)[C@@H](CC[C@@H]3[C@@H]2C[C@@H](OC(C)=O)[C@]24C(=O)O[C@@H](C)[C@H]2[C@@H](O)C[C@@H]34)C1. The van der Waals surface area contributed by atoms with Crippen molar-refractivity contribution in [3.63, 3.8) is 0 Å². The minimum absolute atomic E-state index is 0.0235. The molecule has 1 N–H and O–H groups in total. The van der Waals surface area contributed by atoms with Crippen LogP contribution in [-0.4, -0.2) is 47.4 Å². The number of carbonyl (C=O) groups is 3. The van der Waals surface area contributed by atoms with Crippen LogP contribution >= 0.6 is 0 Å². The van der Waals surface area contributed by atoms with E-state index in [4.69, 9.17) is 14.2 Å². The van der Waals surface area contributed by atoms with Gasteiger partial charge in [0.05, 0.1) is 6.10 Å². The molecule has 1 aliphatic heterocycles. The van der Waals surface area contributed by atoms with Crippen LogP contribution in [0.5, 0.6) is 0 Å². The first-order chi connectivity index (χ1) is 15.1. The van der Waals surface area contributed by atoms with E-state index in [-0.39, 0.29) is 47.4 Å². The summed E-state index contributed by atoms with van der Waals surface area (Å²) in [6.45, 7) is 7.07. The van der Waals surface area contributed by atoms with Crippen molar-refractivity contribution in [2.75, 3.05) is 0 Å². The van der Waals surface area contributed by atoms with Crippen LogP contribution in [0, 0.1) is 40.4 Å². The second-order valence-electron chi connectivity index (χ2n) is 11.4. The summed E-state index contributed by atoms with van der Waals surface area (Å²) in [4.78, 5) is 37.0. The topological polar surface area (TPSA) is 99.1 Å². The van der Waals surface area contributed by atoms with E-state index in [1.165, 1.54) is 13.8 Å².